The first-order chi connectivity index (χ1) is 11.2. The van der Waals surface area contributed by atoms with Crippen LogP contribution in [0.5, 0.6) is 0 Å². The van der Waals surface area contributed by atoms with E-state index in [9.17, 15) is 9.59 Å². The monoisotopic (exact) mass is 303 g/mol. The number of aromatic nitrogens is 2. The number of nitrogens with zero attached hydrogens (tertiary/aromatic N) is 2. The third kappa shape index (κ3) is 2.23. The van der Waals surface area contributed by atoms with E-state index in [0.29, 0.717) is 17.0 Å². The van der Waals surface area contributed by atoms with Crippen molar-refractivity contribution in [3.63, 3.8) is 0 Å². The van der Waals surface area contributed by atoms with Crippen molar-refractivity contribution in [1.82, 2.24) is 15.1 Å². The molecule has 1 aliphatic rings. The number of carbonyl (C=O) groups excluding carboxylic acids is 2. The van der Waals surface area contributed by atoms with Crippen LogP contribution in [0.15, 0.2) is 60.7 Å². The van der Waals surface area contributed by atoms with E-state index in [-0.39, 0.29) is 12.3 Å². The molecule has 1 N–H and O–H groups in total. The topological polar surface area (TPSA) is 64.0 Å². The van der Waals surface area contributed by atoms with Crippen LogP contribution in [0, 0.1) is 0 Å². The van der Waals surface area contributed by atoms with E-state index in [1.165, 1.54) is 0 Å². The molecule has 1 aliphatic heterocycles. The first-order valence-electron chi connectivity index (χ1n) is 7.31. The van der Waals surface area contributed by atoms with Gasteiger partial charge in [0.15, 0.2) is 0 Å². The van der Waals surface area contributed by atoms with Gasteiger partial charge in [-0.15, -0.1) is 0 Å². The van der Waals surface area contributed by atoms with Crippen molar-refractivity contribution in [1.29, 1.82) is 0 Å². The predicted molar refractivity (Wildman–Crippen MR) is 85.2 cm³/mol. The maximum Gasteiger partial charge on any atom is 0.262 e. The van der Waals surface area contributed by atoms with Gasteiger partial charge in [-0.25, -0.2) is 4.68 Å². The minimum atomic E-state index is -0.391. The van der Waals surface area contributed by atoms with Gasteiger partial charge in [-0.3, -0.25) is 14.9 Å². The highest BCUT2D eigenvalue weighted by Gasteiger charge is 2.31. The summed E-state index contributed by atoms with van der Waals surface area (Å²) in [5.74, 6) is -0.711. The van der Waals surface area contributed by atoms with Crippen molar-refractivity contribution in [2.45, 2.75) is 6.42 Å². The number of imide groups is 1. The van der Waals surface area contributed by atoms with Gasteiger partial charge in [0.1, 0.15) is 0 Å². The first kappa shape index (κ1) is 13.5. The first-order valence-corrected chi connectivity index (χ1v) is 7.31. The summed E-state index contributed by atoms with van der Waals surface area (Å²) < 4.78 is 1.73. The number of nitrogens with one attached hydrogen (secondary N) is 1. The van der Waals surface area contributed by atoms with Gasteiger partial charge in [-0.05, 0) is 12.1 Å². The van der Waals surface area contributed by atoms with Gasteiger partial charge in [0, 0.05) is 5.56 Å². The molecule has 5 heteroatoms. The number of hydrogen-bond acceptors (Lipinski definition) is 3. The SMILES string of the molecule is O=C1Cc2nn(-c3ccccc3)c(-c3ccccc3)c2C(=O)N1. The fourth-order valence-electron chi connectivity index (χ4n) is 2.83. The quantitative estimate of drug-likeness (QED) is 0.739. The van der Waals surface area contributed by atoms with Gasteiger partial charge < -0.3 is 0 Å². The molecule has 0 bridgehead atoms. The van der Waals surface area contributed by atoms with Gasteiger partial charge in [-0.2, -0.15) is 5.10 Å². The lowest BCUT2D eigenvalue weighted by atomic mass is 10.0. The Labute approximate surface area is 132 Å². The van der Waals surface area contributed by atoms with E-state index in [1.54, 1.807) is 4.68 Å². The van der Waals surface area contributed by atoms with Gasteiger partial charge in [0.25, 0.3) is 5.91 Å². The summed E-state index contributed by atoms with van der Waals surface area (Å²) in [4.78, 5) is 24.0. The van der Waals surface area contributed by atoms with Crippen molar-refractivity contribution in [3.8, 4) is 16.9 Å². The normalized spacial score (nSPS) is 13.6. The fraction of sp³-hybridized carbons (Fsp3) is 0.0556. The lowest BCUT2D eigenvalue weighted by molar-refractivity contribution is -0.119. The summed E-state index contributed by atoms with van der Waals surface area (Å²) in [6.07, 6.45) is 0.112. The Bertz CT molecular complexity index is 899. The molecule has 1 aromatic heterocycles. The van der Waals surface area contributed by atoms with Crippen molar-refractivity contribution >= 4 is 11.8 Å². The molecule has 0 aliphatic carbocycles. The zero-order chi connectivity index (χ0) is 15.8. The molecule has 0 saturated carbocycles. The average Bonchev–Trinajstić information content (AvgIpc) is 2.96. The molecular weight excluding hydrogens is 290 g/mol. The Hall–Kier alpha value is -3.21. The van der Waals surface area contributed by atoms with Crippen LogP contribution in [0.1, 0.15) is 16.1 Å². The zero-order valence-electron chi connectivity index (χ0n) is 12.2. The summed E-state index contributed by atoms with van der Waals surface area (Å²) in [6, 6.07) is 19.2. The number of benzene rings is 2. The molecule has 23 heavy (non-hydrogen) atoms. The van der Waals surface area contributed by atoms with Crippen molar-refractivity contribution < 1.29 is 9.59 Å². The van der Waals surface area contributed by atoms with Crippen LogP contribution in [0.3, 0.4) is 0 Å². The van der Waals surface area contributed by atoms with E-state index in [0.717, 1.165) is 11.3 Å². The largest absolute Gasteiger partial charge is 0.292 e. The maximum absolute atomic E-state index is 12.3. The molecule has 0 fully saturated rings. The van der Waals surface area contributed by atoms with Gasteiger partial charge in [0.05, 0.1) is 29.1 Å². The van der Waals surface area contributed by atoms with Crippen LogP contribution < -0.4 is 5.32 Å². The maximum atomic E-state index is 12.3. The van der Waals surface area contributed by atoms with Gasteiger partial charge >= 0.3 is 0 Å². The highest BCUT2D eigenvalue weighted by molar-refractivity contribution is 6.12. The second-order valence-electron chi connectivity index (χ2n) is 5.34. The highest BCUT2D eigenvalue weighted by atomic mass is 16.2. The van der Waals surface area contributed by atoms with Crippen LogP contribution in [-0.2, 0) is 11.2 Å². The van der Waals surface area contributed by atoms with E-state index in [4.69, 9.17) is 0 Å². The van der Waals surface area contributed by atoms with Crippen LogP contribution in [0.25, 0.3) is 16.9 Å². The van der Waals surface area contributed by atoms with E-state index in [1.807, 2.05) is 60.7 Å². The lowest BCUT2D eigenvalue weighted by Gasteiger charge is -2.12. The van der Waals surface area contributed by atoms with E-state index >= 15 is 0 Å². The molecule has 3 aromatic rings. The number of fused-ring (bicyclic) bond motifs is 1. The summed E-state index contributed by atoms with van der Waals surface area (Å²) in [5.41, 5.74) is 3.42. The molecule has 0 spiro atoms. The van der Waals surface area contributed by atoms with Crippen LogP contribution in [0.2, 0.25) is 0 Å². The Morgan fingerprint density at radius 2 is 1.57 bits per heavy atom. The fourth-order valence-corrected chi connectivity index (χ4v) is 2.83. The van der Waals surface area contributed by atoms with Crippen molar-refractivity contribution in [2.75, 3.05) is 0 Å². The predicted octanol–water partition coefficient (Wildman–Crippen LogP) is 2.35. The molecule has 0 radical (unpaired) electrons. The molecule has 0 saturated heterocycles. The van der Waals surface area contributed by atoms with E-state index in [2.05, 4.69) is 10.4 Å². The Morgan fingerprint density at radius 3 is 2.26 bits per heavy atom. The third-order valence-electron chi connectivity index (χ3n) is 3.81. The molecule has 5 nitrogen and oxygen atoms in total. The van der Waals surface area contributed by atoms with Crippen molar-refractivity contribution in [3.05, 3.63) is 71.9 Å². The number of rotatable bonds is 2. The standard InChI is InChI=1S/C18H13N3O2/c22-15-11-14-16(18(23)19-15)17(12-7-3-1-4-8-12)21(20-14)13-9-5-2-6-10-13/h1-10H,11H2,(H,19,22,23). The average molecular weight is 303 g/mol. The number of hydrogen-bond donors (Lipinski definition) is 1. The second kappa shape index (κ2) is 5.21. The van der Waals surface area contributed by atoms with Crippen LogP contribution in [0.4, 0.5) is 0 Å². The smallest absolute Gasteiger partial charge is 0.262 e. The highest BCUT2D eigenvalue weighted by Crippen LogP contribution is 2.30. The Kier molecular flexibility index (Phi) is 3.05. The molecular formula is C18H13N3O2. The van der Waals surface area contributed by atoms with Crippen molar-refractivity contribution in [2.24, 2.45) is 0 Å². The molecule has 2 aromatic carbocycles. The summed E-state index contributed by atoms with van der Waals surface area (Å²) in [6.45, 7) is 0. The molecule has 112 valence electrons. The third-order valence-corrected chi connectivity index (χ3v) is 3.81. The molecule has 0 atom stereocenters. The molecule has 2 amide bonds. The van der Waals surface area contributed by atoms with E-state index < -0.39 is 5.91 Å². The molecule has 4 rings (SSSR count). The second-order valence-corrected chi connectivity index (χ2v) is 5.34. The minimum absolute atomic E-state index is 0.112. The Balaban J connectivity index is 2.02. The number of para-hydroxylation sites is 1. The van der Waals surface area contributed by atoms with Gasteiger partial charge in [-0.1, -0.05) is 48.5 Å². The minimum Gasteiger partial charge on any atom is -0.292 e. The van der Waals surface area contributed by atoms with Crippen LogP contribution >= 0.6 is 0 Å². The summed E-state index contributed by atoms with van der Waals surface area (Å²) >= 11 is 0. The molecule has 2 heterocycles. The summed E-state index contributed by atoms with van der Waals surface area (Å²) in [5, 5.41) is 6.91. The van der Waals surface area contributed by atoms with Gasteiger partial charge in [0.2, 0.25) is 5.91 Å². The Morgan fingerprint density at radius 1 is 0.913 bits per heavy atom. The number of amides is 2. The molecule has 0 unspecified atom stereocenters. The zero-order valence-corrected chi connectivity index (χ0v) is 12.2. The van der Waals surface area contributed by atoms with Crippen LogP contribution in [-0.4, -0.2) is 21.6 Å². The number of carbonyl (C=O) groups is 2. The lowest BCUT2D eigenvalue weighted by Crippen LogP contribution is -2.37. The summed E-state index contributed by atoms with van der Waals surface area (Å²) in [7, 11) is 0.